The Kier molecular flexibility index (Phi) is 5.35. The zero-order valence-corrected chi connectivity index (χ0v) is 16.2. The molecule has 1 N–H and O–H groups in total. The van der Waals surface area contributed by atoms with Crippen molar-refractivity contribution < 1.29 is 9.18 Å². The molecule has 1 fully saturated rings. The van der Waals surface area contributed by atoms with Gasteiger partial charge in [0.15, 0.2) is 6.29 Å². The van der Waals surface area contributed by atoms with Gasteiger partial charge in [-0.1, -0.05) is 13.0 Å². The number of H-pyrrole nitrogens is 1. The summed E-state index contributed by atoms with van der Waals surface area (Å²) in [4.78, 5) is 38.0. The number of carbonyl (C=O) groups is 1. The largest absolute Gasteiger partial charge is 0.365 e. The predicted molar refractivity (Wildman–Crippen MR) is 109 cm³/mol. The highest BCUT2D eigenvalue weighted by atomic mass is 19.1. The minimum Gasteiger partial charge on any atom is -0.365 e. The standard InChI is InChI=1S/C21H22FN5O2/c1-2-16-21(29)25-18-11-14(3-5-17(18)24-16)12-26-7-9-27(10-8-26)19-6-4-15(13-28)23-20(19)22/h3-6,11,13H,2,7-10,12H2,1H3,(H,25,29). The van der Waals surface area contributed by atoms with E-state index in [2.05, 4.69) is 19.9 Å². The summed E-state index contributed by atoms with van der Waals surface area (Å²) in [5.74, 6) is -0.611. The minimum absolute atomic E-state index is 0.0970. The third kappa shape index (κ3) is 4.02. The van der Waals surface area contributed by atoms with Gasteiger partial charge in [-0.05, 0) is 36.2 Å². The van der Waals surface area contributed by atoms with Gasteiger partial charge in [0.2, 0.25) is 5.95 Å². The Morgan fingerprint density at radius 3 is 2.62 bits per heavy atom. The maximum atomic E-state index is 14.1. The van der Waals surface area contributed by atoms with Crippen molar-refractivity contribution in [3.8, 4) is 0 Å². The summed E-state index contributed by atoms with van der Waals surface area (Å²) in [6.07, 6.45) is 1.14. The van der Waals surface area contributed by atoms with Crippen molar-refractivity contribution in [2.24, 2.45) is 0 Å². The van der Waals surface area contributed by atoms with Crippen LogP contribution < -0.4 is 10.5 Å². The number of aldehydes is 1. The molecule has 1 aromatic carbocycles. The van der Waals surface area contributed by atoms with Gasteiger partial charge in [0.05, 0.1) is 16.7 Å². The number of hydrogen-bond donors (Lipinski definition) is 1. The maximum absolute atomic E-state index is 14.1. The normalized spacial score (nSPS) is 15.0. The van der Waals surface area contributed by atoms with Crippen LogP contribution in [0.3, 0.4) is 0 Å². The van der Waals surface area contributed by atoms with Gasteiger partial charge < -0.3 is 9.88 Å². The van der Waals surface area contributed by atoms with Crippen molar-refractivity contribution in [1.29, 1.82) is 0 Å². The molecule has 0 bridgehead atoms. The summed E-state index contributed by atoms with van der Waals surface area (Å²) in [6.45, 7) is 5.55. The fourth-order valence-electron chi connectivity index (χ4n) is 3.66. The lowest BCUT2D eigenvalue weighted by Gasteiger charge is -2.36. The number of anilines is 1. The summed E-state index contributed by atoms with van der Waals surface area (Å²) in [7, 11) is 0. The van der Waals surface area contributed by atoms with Crippen molar-refractivity contribution in [1.82, 2.24) is 19.9 Å². The Balaban J connectivity index is 1.43. The van der Waals surface area contributed by atoms with Gasteiger partial charge in [0, 0.05) is 32.7 Å². The van der Waals surface area contributed by atoms with E-state index in [0.717, 1.165) is 36.2 Å². The molecule has 4 rings (SSSR count). The van der Waals surface area contributed by atoms with Crippen molar-refractivity contribution in [3.63, 3.8) is 0 Å². The average Bonchev–Trinajstić information content (AvgIpc) is 2.74. The van der Waals surface area contributed by atoms with E-state index in [-0.39, 0.29) is 11.3 Å². The van der Waals surface area contributed by atoms with E-state index in [1.807, 2.05) is 30.0 Å². The molecule has 29 heavy (non-hydrogen) atoms. The Morgan fingerprint density at radius 1 is 1.14 bits per heavy atom. The number of pyridine rings is 1. The van der Waals surface area contributed by atoms with Gasteiger partial charge in [-0.25, -0.2) is 9.97 Å². The van der Waals surface area contributed by atoms with Crippen LogP contribution in [0.15, 0.2) is 35.1 Å². The van der Waals surface area contributed by atoms with Gasteiger partial charge in [0.1, 0.15) is 11.4 Å². The van der Waals surface area contributed by atoms with Gasteiger partial charge in [-0.3, -0.25) is 14.5 Å². The first-order valence-electron chi connectivity index (χ1n) is 9.68. The average molecular weight is 395 g/mol. The van der Waals surface area contributed by atoms with Crippen LogP contribution in [-0.4, -0.2) is 52.3 Å². The van der Waals surface area contributed by atoms with Crippen molar-refractivity contribution >= 4 is 23.0 Å². The number of rotatable bonds is 5. The van der Waals surface area contributed by atoms with Gasteiger partial charge in [0.25, 0.3) is 5.56 Å². The summed E-state index contributed by atoms with van der Waals surface area (Å²) in [5, 5.41) is 0. The number of hydrogen-bond acceptors (Lipinski definition) is 6. The Bertz CT molecular complexity index is 1110. The van der Waals surface area contributed by atoms with Crippen LogP contribution in [0.2, 0.25) is 0 Å². The maximum Gasteiger partial charge on any atom is 0.270 e. The topological polar surface area (TPSA) is 82.2 Å². The number of piperazine rings is 1. The molecule has 7 nitrogen and oxygen atoms in total. The van der Waals surface area contributed by atoms with Crippen LogP contribution in [0, 0.1) is 5.95 Å². The molecule has 0 saturated carbocycles. The molecule has 0 unspecified atom stereocenters. The number of aromatic nitrogens is 3. The molecule has 0 spiro atoms. The van der Waals surface area contributed by atoms with Crippen LogP contribution in [0.1, 0.15) is 28.7 Å². The number of benzene rings is 1. The number of halogens is 1. The Morgan fingerprint density at radius 2 is 1.93 bits per heavy atom. The minimum atomic E-state index is -0.611. The number of carbonyl (C=O) groups excluding carboxylic acids is 1. The quantitative estimate of drug-likeness (QED) is 0.527. The van der Waals surface area contributed by atoms with E-state index in [1.54, 1.807) is 6.07 Å². The second-order valence-corrected chi connectivity index (χ2v) is 7.14. The van der Waals surface area contributed by atoms with Gasteiger partial charge in [-0.15, -0.1) is 0 Å². The summed E-state index contributed by atoms with van der Waals surface area (Å²) < 4.78 is 14.1. The van der Waals surface area contributed by atoms with Crippen LogP contribution in [0.25, 0.3) is 11.0 Å². The monoisotopic (exact) mass is 395 g/mol. The summed E-state index contributed by atoms with van der Waals surface area (Å²) in [6, 6.07) is 9.08. The first kappa shape index (κ1) is 19.2. The zero-order chi connectivity index (χ0) is 20.4. The van der Waals surface area contributed by atoms with E-state index >= 15 is 0 Å². The highest BCUT2D eigenvalue weighted by Gasteiger charge is 2.20. The van der Waals surface area contributed by atoms with Crippen LogP contribution in [0.4, 0.5) is 10.1 Å². The van der Waals surface area contributed by atoms with Crippen LogP contribution >= 0.6 is 0 Å². The summed E-state index contributed by atoms with van der Waals surface area (Å²) >= 11 is 0. The second-order valence-electron chi connectivity index (χ2n) is 7.14. The fraction of sp³-hybridized carbons (Fsp3) is 0.333. The number of nitrogens with zero attached hydrogens (tertiary/aromatic N) is 4. The van der Waals surface area contributed by atoms with Crippen molar-refractivity contribution in [3.05, 3.63) is 63.6 Å². The molecule has 8 heteroatoms. The number of fused-ring (bicyclic) bond motifs is 1. The van der Waals surface area contributed by atoms with E-state index in [1.165, 1.54) is 6.07 Å². The molecule has 1 aliphatic rings. The third-order valence-corrected chi connectivity index (χ3v) is 5.25. The first-order valence-corrected chi connectivity index (χ1v) is 9.68. The first-order chi connectivity index (χ1) is 14.1. The fourth-order valence-corrected chi connectivity index (χ4v) is 3.66. The third-order valence-electron chi connectivity index (χ3n) is 5.25. The number of nitrogens with one attached hydrogen (secondary N) is 1. The van der Waals surface area contributed by atoms with E-state index < -0.39 is 5.95 Å². The second kappa shape index (κ2) is 8.08. The molecule has 0 aliphatic carbocycles. The SMILES string of the molecule is CCc1nc2ccc(CN3CCN(c4ccc(C=O)nc4F)CC3)cc2[nH]c1=O. The number of aromatic amines is 1. The Hall–Kier alpha value is -3.13. The van der Waals surface area contributed by atoms with Crippen molar-refractivity contribution in [2.45, 2.75) is 19.9 Å². The van der Waals surface area contributed by atoms with E-state index in [4.69, 9.17) is 0 Å². The molecule has 3 heterocycles. The molecule has 3 aromatic rings. The molecule has 1 aliphatic heterocycles. The van der Waals surface area contributed by atoms with Gasteiger partial charge >= 0.3 is 0 Å². The molecule has 0 atom stereocenters. The highest BCUT2D eigenvalue weighted by Crippen LogP contribution is 2.21. The lowest BCUT2D eigenvalue weighted by atomic mass is 10.1. The molecule has 2 aromatic heterocycles. The molecule has 0 amide bonds. The molecular weight excluding hydrogens is 373 g/mol. The lowest BCUT2D eigenvalue weighted by molar-refractivity contribution is 0.111. The highest BCUT2D eigenvalue weighted by molar-refractivity contribution is 5.75. The molecule has 1 saturated heterocycles. The molecular formula is C21H22FN5O2. The van der Waals surface area contributed by atoms with E-state index in [9.17, 15) is 14.0 Å². The zero-order valence-electron chi connectivity index (χ0n) is 16.2. The van der Waals surface area contributed by atoms with Gasteiger partial charge in [-0.2, -0.15) is 4.39 Å². The number of aryl methyl sites for hydroxylation is 1. The smallest absolute Gasteiger partial charge is 0.270 e. The van der Waals surface area contributed by atoms with Crippen molar-refractivity contribution in [2.75, 3.05) is 31.1 Å². The molecule has 150 valence electrons. The summed E-state index contributed by atoms with van der Waals surface area (Å²) in [5.41, 5.74) is 3.56. The van der Waals surface area contributed by atoms with Crippen LogP contribution in [0.5, 0.6) is 0 Å². The van der Waals surface area contributed by atoms with Crippen LogP contribution in [-0.2, 0) is 13.0 Å². The Labute approximate surface area is 167 Å². The lowest BCUT2D eigenvalue weighted by Crippen LogP contribution is -2.46. The molecule has 0 radical (unpaired) electrons. The van der Waals surface area contributed by atoms with E-state index in [0.29, 0.717) is 37.2 Å². The predicted octanol–water partition coefficient (Wildman–Crippen LogP) is 2.15.